The van der Waals surface area contributed by atoms with Gasteiger partial charge in [0.25, 0.3) is 0 Å². The highest BCUT2D eigenvalue weighted by atomic mass is 16.5. The molecule has 17 heavy (non-hydrogen) atoms. The van der Waals surface area contributed by atoms with Crippen LogP contribution < -0.4 is 5.32 Å². The average molecular weight is 238 g/mol. The van der Waals surface area contributed by atoms with Crippen LogP contribution in [0.25, 0.3) is 0 Å². The van der Waals surface area contributed by atoms with Gasteiger partial charge in [0.05, 0.1) is 18.9 Å². The van der Waals surface area contributed by atoms with Gasteiger partial charge in [-0.25, -0.2) is 4.98 Å². The molecule has 1 unspecified atom stereocenters. The molecule has 0 bridgehead atoms. The normalized spacial score (nSPS) is 19.2. The minimum atomic E-state index is 0.428. The molecule has 1 aliphatic heterocycles. The quantitative estimate of drug-likeness (QED) is 0.854. The second-order valence-corrected chi connectivity index (χ2v) is 4.63. The van der Waals surface area contributed by atoms with Gasteiger partial charge < -0.3 is 14.6 Å². The molecule has 1 saturated heterocycles. The van der Waals surface area contributed by atoms with Crippen LogP contribution in [0.2, 0.25) is 0 Å². The van der Waals surface area contributed by atoms with E-state index in [2.05, 4.69) is 32.9 Å². The fraction of sp³-hybridized carbons (Fsp3) is 0.750. The molecule has 96 valence electrons. The lowest BCUT2D eigenvalue weighted by molar-refractivity contribution is 0.0327. The Balaban J connectivity index is 2.00. The van der Waals surface area contributed by atoms with Gasteiger partial charge >= 0.3 is 0 Å². The number of anilines is 1. The van der Waals surface area contributed by atoms with Crippen LogP contribution in [0.5, 0.6) is 0 Å². The standard InChI is InChI=1S/C12H22N4O/c1-10-8-16(12(13-3)14-10)11(2)9-15-4-6-17-7-5-15/h8,11H,4-7,9H2,1-3H3,(H,13,14). The highest BCUT2D eigenvalue weighted by Gasteiger charge is 2.16. The molecule has 1 atom stereocenters. The molecule has 1 aliphatic rings. The molecule has 5 nitrogen and oxygen atoms in total. The number of imidazole rings is 1. The number of hydrogen-bond acceptors (Lipinski definition) is 4. The molecule has 0 radical (unpaired) electrons. The SMILES string of the molecule is CNc1nc(C)cn1C(C)CN1CCOCC1. The monoisotopic (exact) mass is 238 g/mol. The van der Waals surface area contributed by atoms with Crippen LogP contribution in [0.4, 0.5) is 5.95 Å². The minimum absolute atomic E-state index is 0.428. The first-order chi connectivity index (χ1) is 8.20. The summed E-state index contributed by atoms with van der Waals surface area (Å²) in [7, 11) is 1.92. The summed E-state index contributed by atoms with van der Waals surface area (Å²) in [4.78, 5) is 6.90. The van der Waals surface area contributed by atoms with Crippen molar-refractivity contribution >= 4 is 5.95 Å². The van der Waals surface area contributed by atoms with E-state index in [1.807, 2.05) is 14.0 Å². The summed E-state index contributed by atoms with van der Waals surface area (Å²) in [5.41, 5.74) is 1.06. The van der Waals surface area contributed by atoms with Crippen molar-refractivity contribution in [1.82, 2.24) is 14.5 Å². The van der Waals surface area contributed by atoms with Crippen LogP contribution in [-0.2, 0) is 4.74 Å². The fourth-order valence-electron chi connectivity index (χ4n) is 2.28. The smallest absolute Gasteiger partial charge is 0.203 e. The molecule has 2 rings (SSSR count). The van der Waals surface area contributed by atoms with Crippen molar-refractivity contribution in [2.24, 2.45) is 0 Å². The number of ether oxygens (including phenoxy) is 1. The Morgan fingerprint density at radius 1 is 1.47 bits per heavy atom. The molecule has 0 aliphatic carbocycles. The van der Waals surface area contributed by atoms with Gasteiger partial charge in [-0.2, -0.15) is 0 Å². The first-order valence-electron chi connectivity index (χ1n) is 6.24. The van der Waals surface area contributed by atoms with Crippen molar-refractivity contribution in [3.8, 4) is 0 Å². The first-order valence-corrected chi connectivity index (χ1v) is 6.24. The third kappa shape index (κ3) is 2.98. The maximum atomic E-state index is 5.36. The van der Waals surface area contributed by atoms with Gasteiger partial charge in [0.2, 0.25) is 5.95 Å². The number of aryl methyl sites for hydroxylation is 1. The van der Waals surface area contributed by atoms with Crippen LogP contribution in [-0.4, -0.2) is 54.3 Å². The van der Waals surface area contributed by atoms with E-state index in [-0.39, 0.29) is 0 Å². The number of rotatable bonds is 4. The van der Waals surface area contributed by atoms with Crippen molar-refractivity contribution in [2.45, 2.75) is 19.9 Å². The Labute approximate surface area is 103 Å². The van der Waals surface area contributed by atoms with Crippen LogP contribution in [0.15, 0.2) is 6.20 Å². The number of nitrogens with one attached hydrogen (secondary N) is 1. The lowest BCUT2D eigenvalue weighted by Gasteiger charge is -2.29. The van der Waals surface area contributed by atoms with Gasteiger partial charge in [-0.15, -0.1) is 0 Å². The Hall–Kier alpha value is -1.07. The summed E-state index contributed by atoms with van der Waals surface area (Å²) >= 11 is 0. The van der Waals surface area contributed by atoms with Gasteiger partial charge in [0, 0.05) is 38.9 Å². The highest BCUT2D eigenvalue weighted by Crippen LogP contribution is 2.17. The Morgan fingerprint density at radius 2 is 2.18 bits per heavy atom. The zero-order chi connectivity index (χ0) is 12.3. The summed E-state index contributed by atoms with van der Waals surface area (Å²) < 4.78 is 7.58. The topological polar surface area (TPSA) is 42.3 Å². The van der Waals surface area contributed by atoms with E-state index in [1.165, 1.54) is 0 Å². The molecule has 5 heteroatoms. The van der Waals surface area contributed by atoms with Gasteiger partial charge in [0.1, 0.15) is 0 Å². The predicted molar refractivity (Wildman–Crippen MR) is 68.5 cm³/mol. The molecule has 0 amide bonds. The molecule has 1 aromatic rings. The van der Waals surface area contributed by atoms with Gasteiger partial charge in [0.15, 0.2) is 0 Å². The highest BCUT2D eigenvalue weighted by molar-refractivity contribution is 5.28. The summed E-state index contributed by atoms with van der Waals surface area (Å²) in [6, 6.07) is 0.428. The number of aromatic nitrogens is 2. The third-order valence-corrected chi connectivity index (χ3v) is 3.18. The number of hydrogen-bond donors (Lipinski definition) is 1. The Morgan fingerprint density at radius 3 is 2.82 bits per heavy atom. The first kappa shape index (κ1) is 12.4. The van der Waals surface area contributed by atoms with Crippen LogP contribution in [0.3, 0.4) is 0 Å². The van der Waals surface area contributed by atoms with Gasteiger partial charge in [-0.3, -0.25) is 4.90 Å². The van der Waals surface area contributed by atoms with Crippen LogP contribution in [0.1, 0.15) is 18.7 Å². The molecule has 0 aromatic carbocycles. The van der Waals surface area contributed by atoms with Crippen molar-refractivity contribution in [3.63, 3.8) is 0 Å². The minimum Gasteiger partial charge on any atom is -0.379 e. The predicted octanol–water partition coefficient (Wildman–Crippen LogP) is 1.13. The third-order valence-electron chi connectivity index (χ3n) is 3.18. The van der Waals surface area contributed by atoms with Crippen molar-refractivity contribution in [2.75, 3.05) is 45.2 Å². The number of nitrogens with zero attached hydrogens (tertiary/aromatic N) is 3. The van der Waals surface area contributed by atoms with E-state index < -0.39 is 0 Å². The van der Waals surface area contributed by atoms with E-state index in [1.54, 1.807) is 0 Å². The number of morpholine rings is 1. The molecular weight excluding hydrogens is 216 g/mol. The van der Waals surface area contributed by atoms with Crippen molar-refractivity contribution < 1.29 is 4.74 Å². The van der Waals surface area contributed by atoms with E-state index in [9.17, 15) is 0 Å². The summed E-state index contributed by atoms with van der Waals surface area (Å²) in [6.45, 7) is 9.09. The lowest BCUT2D eigenvalue weighted by atomic mass is 10.3. The average Bonchev–Trinajstić information content (AvgIpc) is 2.72. The molecule has 2 heterocycles. The van der Waals surface area contributed by atoms with E-state index in [0.717, 1.165) is 44.5 Å². The van der Waals surface area contributed by atoms with Crippen LogP contribution in [0, 0.1) is 6.92 Å². The molecular formula is C12H22N4O. The second-order valence-electron chi connectivity index (χ2n) is 4.63. The Bertz CT molecular complexity index is 357. The molecule has 1 aromatic heterocycles. The molecule has 0 spiro atoms. The largest absolute Gasteiger partial charge is 0.379 e. The molecule has 1 fully saturated rings. The summed E-state index contributed by atoms with van der Waals surface area (Å²) in [6.07, 6.45) is 2.11. The maximum Gasteiger partial charge on any atom is 0.203 e. The molecule has 0 saturated carbocycles. The van der Waals surface area contributed by atoms with Crippen LogP contribution >= 0.6 is 0 Å². The van der Waals surface area contributed by atoms with E-state index in [4.69, 9.17) is 4.74 Å². The Kier molecular flexibility index (Phi) is 4.02. The van der Waals surface area contributed by atoms with Gasteiger partial charge in [-0.05, 0) is 13.8 Å². The fourth-order valence-corrected chi connectivity index (χ4v) is 2.28. The summed E-state index contributed by atoms with van der Waals surface area (Å²) in [5, 5.41) is 3.14. The van der Waals surface area contributed by atoms with Crippen molar-refractivity contribution in [1.29, 1.82) is 0 Å². The lowest BCUT2D eigenvalue weighted by Crippen LogP contribution is -2.39. The van der Waals surface area contributed by atoms with E-state index in [0.29, 0.717) is 6.04 Å². The maximum absolute atomic E-state index is 5.36. The van der Waals surface area contributed by atoms with E-state index >= 15 is 0 Å². The second kappa shape index (κ2) is 5.51. The van der Waals surface area contributed by atoms with Crippen molar-refractivity contribution in [3.05, 3.63) is 11.9 Å². The zero-order valence-corrected chi connectivity index (χ0v) is 10.9. The molecule has 1 N–H and O–H groups in total. The van der Waals surface area contributed by atoms with Gasteiger partial charge in [-0.1, -0.05) is 0 Å². The summed E-state index contributed by atoms with van der Waals surface area (Å²) in [5.74, 6) is 0.947. The zero-order valence-electron chi connectivity index (χ0n) is 10.9.